The Morgan fingerprint density at radius 2 is 1.91 bits per heavy atom. The van der Waals surface area contributed by atoms with Crippen molar-refractivity contribution in [1.29, 1.82) is 0 Å². The number of amides is 1. The van der Waals surface area contributed by atoms with Gasteiger partial charge in [-0.2, -0.15) is 4.31 Å². The van der Waals surface area contributed by atoms with E-state index in [0.717, 1.165) is 0 Å². The minimum Gasteiger partial charge on any atom is -0.395 e. The number of methoxy groups -OCH3 is 1. The van der Waals surface area contributed by atoms with Crippen LogP contribution in [0.5, 0.6) is 0 Å². The molecule has 1 amide bonds. The van der Waals surface area contributed by atoms with Crippen molar-refractivity contribution in [2.45, 2.75) is 18.2 Å². The average molecular weight is 330 g/mol. The van der Waals surface area contributed by atoms with Crippen molar-refractivity contribution in [3.63, 3.8) is 0 Å². The summed E-state index contributed by atoms with van der Waals surface area (Å²) in [5.74, 6) is -0.225. The van der Waals surface area contributed by atoms with E-state index in [1.807, 2.05) is 0 Å². The van der Waals surface area contributed by atoms with Gasteiger partial charge in [-0.05, 0) is 30.7 Å². The van der Waals surface area contributed by atoms with Crippen LogP contribution in [0.15, 0.2) is 29.2 Å². The first-order valence-corrected chi connectivity index (χ1v) is 8.33. The monoisotopic (exact) mass is 330 g/mol. The molecule has 0 unspecified atom stereocenters. The van der Waals surface area contributed by atoms with Gasteiger partial charge < -0.3 is 15.2 Å². The number of aliphatic hydroxyl groups excluding tert-OH is 1. The van der Waals surface area contributed by atoms with E-state index in [1.165, 1.54) is 35.5 Å². The molecule has 124 valence electrons. The smallest absolute Gasteiger partial charge is 0.243 e. The van der Waals surface area contributed by atoms with E-state index < -0.39 is 10.0 Å². The lowest BCUT2D eigenvalue weighted by Crippen LogP contribution is -2.35. The second-order valence-corrected chi connectivity index (χ2v) is 6.62. The maximum atomic E-state index is 12.5. The Kier molecular flexibility index (Phi) is 7.46. The van der Waals surface area contributed by atoms with Gasteiger partial charge in [0, 0.05) is 39.4 Å². The van der Waals surface area contributed by atoms with E-state index in [9.17, 15) is 13.2 Å². The molecule has 0 saturated heterocycles. The molecular formula is C14H22N2O5S. The first-order chi connectivity index (χ1) is 10.4. The molecule has 0 spiro atoms. The van der Waals surface area contributed by atoms with Gasteiger partial charge in [-0.25, -0.2) is 8.42 Å². The number of nitrogens with one attached hydrogen (secondary N) is 1. The zero-order valence-corrected chi connectivity index (χ0v) is 13.6. The minimum atomic E-state index is -3.68. The van der Waals surface area contributed by atoms with Gasteiger partial charge in [0.1, 0.15) is 0 Å². The fourth-order valence-electron chi connectivity index (χ4n) is 1.91. The molecule has 0 fully saturated rings. The van der Waals surface area contributed by atoms with Gasteiger partial charge in [0.25, 0.3) is 0 Å². The van der Waals surface area contributed by atoms with Crippen LogP contribution in [-0.4, -0.2) is 57.1 Å². The first kappa shape index (κ1) is 18.6. The number of aliphatic hydroxyl groups is 1. The van der Waals surface area contributed by atoms with Crippen LogP contribution in [0.4, 0.5) is 5.69 Å². The summed E-state index contributed by atoms with van der Waals surface area (Å²) >= 11 is 0. The number of carbonyl (C=O) groups is 1. The number of nitrogens with zero attached hydrogens (tertiary/aromatic N) is 1. The summed E-state index contributed by atoms with van der Waals surface area (Å²) in [7, 11) is -2.14. The van der Waals surface area contributed by atoms with Crippen LogP contribution in [0, 0.1) is 0 Å². The Hall–Kier alpha value is -1.48. The van der Waals surface area contributed by atoms with E-state index in [2.05, 4.69) is 5.32 Å². The van der Waals surface area contributed by atoms with Crippen LogP contribution >= 0.6 is 0 Å². The topological polar surface area (TPSA) is 95.9 Å². The molecular weight excluding hydrogens is 308 g/mol. The first-order valence-electron chi connectivity index (χ1n) is 6.89. The summed E-state index contributed by atoms with van der Waals surface area (Å²) in [6.45, 7) is 1.86. The summed E-state index contributed by atoms with van der Waals surface area (Å²) in [6.07, 6.45) is 0.541. The molecule has 0 heterocycles. The third kappa shape index (κ3) is 5.38. The molecule has 8 heteroatoms. The predicted molar refractivity (Wildman–Crippen MR) is 83.1 cm³/mol. The van der Waals surface area contributed by atoms with Gasteiger partial charge in [-0.1, -0.05) is 0 Å². The van der Waals surface area contributed by atoms with Crippen LogP contribution in [-0.2, 0) is 19.6 Å². The second kappa shape index (κ2) is 8.84. The van der Waals surface area contributed by atoms with Gasteiger partial charge in [0.2, 0.25) is 15.9 Å². The molecule has 1 rings (SSSR count). The number of rotatable bonds is 9. The minimum absolute atomic E-state index is 0.0273. The summed E-state index contributed by atoms with van der Waals surface area (Å²) in [5, 5.41) is 11.6. The zero-order chi connectivity index (χ0) is 16.6. The summed E-state index contributed by atoms with van der Waals surface area (Å²) in [6, 6.07) is 5.92. The lowest BCUT2D eigenvalue weighted by molar-refractivity contribution is -0.114. The standard InChI is InChI=1S/C14H22N2O5S/c1-12(18)15-13-4-6-14(7-5-13)22(19,20)16(9-10-17)8-3-11-21-2/h4-7,17H,3,8-11H2,1-2H3,(H,15,18). The highest BCUT2D eigenvalue weighted by molar-refractivity contribution is 7.89. The Morgan fingerprint density at radius 3 is 2.41 bits per heavy atom. The normalized spacial score (nSPS) is 11.6. The van der Waals surface area contributed by atoms with E-state index in [1.54, 1.807) is 7.11 Å². The quantitative estimate of drug-likeness (QED) is 0.649. The Balaban J connectivity index is 2.90. The van der Waals surface area contributed by atoms with Crippen molar-refractivity contribution >= 4 is 21.6 Å². The van der Waals surface area contributed by atoms with E-state index in [4.69, 9.17) is 9.84 Å². The SMILES string of the molecule is COCCCN(CCO)S(=O)(=O)c1ccc(NC(C)=O)cc1. The number of hydrogen-bond acceptors (Lipinski definition) is 5. The summed E-state index contributed by atoms with van der Waals surface area (Å²) < 4.78 is 31.2. The highest BCUT2D eigenvalue weighted by atomic mass is 32.2. The molecule has 0 atom stereocenters. The van der Waals surface area contributed by atoms with Crippen molar-refractivity contribution in [3.8, 4) is 0 Å². The van der Waals surface area contributed by atoms with Gasteiger partial charge in [-0.3, -0.25) is 4.79 Å². The van der Waals surface area contributed by atoms with Crippen LogP contribution < -0.4 is 5.32 Å². The number of hydrogen-bond donors (Lipinski definition) is 2. The summed E-state index contributed by atoms with van der Waals surface area (Å²) in [4.78, 5) is 11.1. The van der Waals surface area contributed by atoms with Crippen LogP contribution in [0.2, 0.25) is 0 Å². The van der Waals surface area contributed by atoms with Crippen molar-refractivity contribution in [2.24, 2.45) is 0 Å². The maximum absolute atomic E-state index is 12.5. The third-order valence-electron chi connectivity index (χ3n) is 2.92. The number of ether oxygens (including phenoxy) is 1. The highest BCUT2D eigenvalue weighted by Gasteiger charge is 2.23. The number of anilines is 1. The molecule has 0 bridgehead atoms. The molecule has 0 radical (unpaired) electrons. The molecule has 0 aliphatic carbocycles. The number of benzene rings is 1. The van der Waals surface area contributed by atoms with Gasteiger partial charge >= 0.3 is 0 Å². The van der Waals surface area contributed by atoms with Crippen LogP contribution in [0.3, 0.4) is 0 Å². The summed E-state index contributed by atoms with van der Waals surface area (Å²) in [5.41, 5.74) is 0.527. The van der Waals surface area contributed by atoms with Gasteiger partial charge in [0.15, 0.2) is 0 Å². The molecule has 1 aromatic rings. The van der Waals surface area contributed by atoms with Crippen molar-refractivity contribution in [3.05, 3.63) is 24.3 Å². The van der Waals surface area contributed by atoms with E-state index in [0.29, 0.717) is 18.7 Å². The van der Waals surface area contributed by atoms with E-state index in [-0.39, 0.29) is 30.5 Å². The largest absolute Gasteiger partial charge is 0.395 e. The lowest BCUT2D eigenvalue weighted by atomic mass is 10.3. The number of sulfonamides is 1. The predicted octanol–water partition coefficient (Wildman–Crippen LogP) is 0.664. The fourth-order valence-corrected chi connectivity index (χ4v) is 3.38. The highest BCUT2D eigenvalue weighted by Crippen LogP contribution is 2.18. The molecule has 0 aliphatic heterocycles. The molecule has 7 nitrogen and oxygen atoms in total. The van der Waals surface area contributed by atoms with Crippen LogP contribution in [0.1, 0.15) is 13.3 Å². The number of carbonyl (C=O) groups excluding carboxylic acids is 1. The fraction of sp³-hybridized carbons (Fsp3) is 0.500. The molecule has 0 saturated carbocycles. The lowest BCUT2D eigenvalue weighted by Gasteiger charge is -2.21. The molecule has 0 aromatic heterocycles. The van der Waals surface area contributed by atoms with E-state index >= 15 is 0 Å². The Labute approximate surface area is 130 Å². The second-order valence-electron chi connectivity index (χ2n) is 4.68. The average Bonchev–Trinajstić information content (AvgIpc) is 2.46. The molecule has 22 heavy (non-hydrogen) atoms. The molecule has 1 aromatic carbocycles. The van der Waals surface area contributed by atoms with Crippen molar-refractivity contribution in [1.82, 2.24) is 4.31 Å². The molecule has 0 aliphatic rings. The van der Waals surface area contributed by atoms with Gasteiger partial charge in [0.05, 0.1) is 11.5 Å². The van der Waals surface area contributed by atoms with Gasteiger partial charge in [-0.15, -0.1) is 0 Å². The maximum Gasteiger partial charge on any atom is 0.243 e. The molecule has 2 N–H and O–H groups in total. The van der Waals surface area contributed by atoms with Crippen molar-refractivity contribution < 1.29 is 23.1 Å². The zero-order valence-electron chi connectivity index (χ0n) is 12.8. The van der Waals surface area contributed by atoms with Crippen molar-refractivity contribution in [2.75, 3.05) is 38.7 Å². The Bertz CT molecular complexity index is 571. The third-order valence-corrected chi connectivity index (χ3v) is 4.83. The van der Waals surface area contributed by atoms with Crippen LogP contribution in [0.25, 0.3) is 0 Å². The Morgan fingerprint density at radius 1 is 1.27 bits per heavy atom.